The molecule has 0 fully saturated rings. The van der Waals surface area contributed by atoms with Gasteiger partial charge in [0.15, 0.2) is 0 Å². The summed E-state index contributed by atoms with van der Waals surface area (Å²) in [5.74, 6) is -4.72. The van der Waals surface area contributed by atoms with Gasteiger partial charge in [-0.15, -0.1) is 0 Å². The highest BCUT2D eigenvalue weighted by Gasteiger charge is 2.26. The first kappa shape index (κ1) is 23.1. The van der Waals surface area contributed by atoms with E-state index in [0.29, 0.717) is 5.56 Å². The van der Waals surface area contributed by atoms with Crippen LogP contribution in [0.15, 0.2) is 40.8 Å². The molecule has 164 valence electrons. The third kappa shape index (κ3) is 6.70. The fraction of sp³-hybridized carbons (Fsp3) is 0.250. The molecule has 11 heteroatoms. The monoisotopic (exact) mass is 431 g/mol. The lowest BCUT2D eigenvalue weighted by Crippen LogP contribution is -2.44. The number of benzene rings is 1. The Bertz CT molecular complexity index is 996. The molecule has 0 saturated carbocycles. The molecule has 1 heterocycles. The van der Waals surface area contributed by atoms with E-state index in [0.717, 1.165) is 0 Å². The standard InChI is InChI=1S/C20H21N3O8/c1-10(18(26)23-14(19(27)28)9-16(24)25)8-13-6-7-15(30-13)20(29)31-12-4-2-11(3-5-12)17(21)22/h2-7,10,14H,8-9H2,1H3,(H3,21,22)(H,23,26)(H,24,25)(H,27,28)/t10-,14+/m1/s1. The summed E-state index contributed by atoms with van der Waals surface area (Å²) in [6, 6.07) is 7.29. The second-order valence-corrected chi connectivity index (χ2v) is 6.70. The predicted octanol–water partition coefficient (Wildman–Crippen LogP) is 1.01. The van der Waals surface area contributed by atoms with Gasteiger partial charge in [0.1, 0.15) is 23.4 Å². The van der Waals surface area contributed by atoms with Crippen LogP contribution >= 0.6 is 0 Å². The number of carboxylic acid groups (broad SMARTS) is 2. The molecule has 11 nitrogen and oxygen atoms in total. The molecular weight excluding hydrogens is 410 g/mol. The lowest BCUT2D eigenvalue weighted by atomic mass is 10.0. The number of amidine groups is 1. The maximum absolute atomic E-state index is 12.2. The van der Waals surface area contributed by atoms with E-state index in [9.17, 15) is 19.2 Å². The molecule has 6 N–H and O–H groups in total. The normalized spacial score (nSPS) is 12.4. The van der Waals surface area contributed by atoms with Gasteiger partial charge in [0.2, 0.25) is 11.7 Å². The zero-order valence-electron chi connectivity index (χ0n) is 16.5. The number of furan rings is 1. The topological polar surface area (TPSA) is 193 Å². The summed E-state index contributed by atoms with van der Waals surface area (Å²) in [7, 11) is 0. The minimum absolute atomic E-state index is 0.0475. The van der Waals surface area contributed by atoms with Crippen molar-refractivity contribution in [2.45, 2.75) is 25.8 Å². The number of aliphatic carboxylic acids is 2. The number of carbonyl (C=O) groups is 4. The number of esters is 1. The minimum atomic E-state index is -1.55. The van der Waals surface area contributed by atoms with E-state index in [4.69, 9.17) is 30.5 Å². The van der Waals surface area contributed by atoms with E-state index >= 15 is 0 Å². The molecule has 0 aliphatic carbocycles. The molecule has 2 rings (SSSR count). The number of rotatable bonds is 10. The molecule has 0 aliphatic heterocycles. The highest BCUT2D eigenvalue weighted by molar-refractivity contribution is 5.95. The van der Waals surface area contributed by atoms with Crippen LogP contribution in [0.1, 0.15) is 35.2 Å². The fourth-order valence-electron chi connectivity index (χ4n) is 2.54. The van der Waals surface area contributed by atoms with Crippen molar-refractivity contribution in [1.29, 1.82) is 5.41 Å². The number of hydrogen-bond acceptors (Lipinski definition) is 7. The highest BCUT2D eigenvalue weighted by Crippen LogP contribution is 2.17. The van der Waals surface area contributed by atoms with E-state index in [1.165, 1.54) is 43.3 Å². The summed E-state index contributed by atoms with van der Waals surface area (Å²) >= 11 is 0. The number of ether oxygens (including phenoxy) is 1. The first-order valence-corrected chi connectivity index (χ1v) is 9.07. The van der Waals surface area contributed by atoms with E-state index in [1.54, 1.807) is 0 Å². The SMILES string of the molecule is C[C@H](Cc1ccc(C(=O)Oc2ccc(C(=N)N)cc2)o1)C(=O)N[C@@H](CC(=O)O)C(=O)O. The van der Waals surface area contributed by atoms with Crippen molar-refractivity contribution in [1.82, 2.24) is 5.32 Å². The van der Waals surface area contributed by atoms with Crippen molar-refractivity contribution in [3.63, 3.8) is 0 Å². The lowest BCUT2D eigenvalue weighted by Gasteiger charge is -2.15. The number of nitrogen functional groups attached to an aromatic ring is 1. The molecule has 0 saturated heterocycles. The van der Waals surface area contributed by atoms with Gasteiger partial charge in [0.05, 0.1) is 6.42 Å². The van der Waals surface area contributed by atoms with Crippen LogP contribution < -0.4 is 15.8 Å². The molecule has 2 atom stereocenters. The molecule has 2 aromatic rings. The quantitative estimate of drug-likeness (QED) is 0.158. The van der Waals surface area contributed by atoms with Gasteiger partial charge < -0.3 is 30.4 Å². The summed E-state index contributed by atoms with van der Waals surface area (Å²) < 4.78 is 10.6. The Morgan fingerprint density at radius 3 is 2.32 bits per heavy atom. The minimum Gasteiger partial charge on any atom is -0.481 e. The fourth-order valence-corrected chi connectivity index (χ4v) is 2.54. The Labute approximate surface area is 176 Å². The van der Waals surface area contributed by atoms with Gasteiger partial charge in [0, 0.05) is 17.9 Å². The molecule has 1 aromatic carbocycles. The van der Waals surface area contributed by atoms with Crippen LogP contribution in [0, 0.1) is 11.3 Å². The van der Waals surface area contributed by atoms with Gasteiger partial charge in [0.25, 0.3) is 0 Å². The second kappa shape index (κ2) is 10.1. The number of nitrogens with two attached hydrogens (primary N) is 1. The first-order chi connectivity index (χ1) is 14.6. The van der Waals surface area contributed by atoms with E-state index in [-0.39, 0.29) is 29.5 Å². The Balaban J connectivity index is 1.95. The molecule has 0 bridgehead atoms. The van der Waals surface area contributed by atoms with Crippen molar-refractivity contribution in [2.24, 2.45) is 11.7 Å². The maximum atomic E-state index is 12.2. The molecule has 1 aromatic heterocycles. The van der Waals surface area contributed by atoms with Gasteiger partial charge in [-0.1, -0.05) is 6.92 Å². The predicted molar refractivity (Wildman–Crippen MR) is 106 cm³/mol. The number of carbonyl (C=O) groups excluding carboxylic acids is 2. The molecular formula is C20H21N3O8. The van der Waals surface area contributed by atoms with Crippen molar-refractivity contribution < 1.29 is 38.5 Å². The van der Waals surface area contributed by atoms with Crippen molar-refractivity contribution in [3.8, 4) is 5.75 Å². The van der Waals surface area contributed by atoms with Crippen LogP contribution in [-0.4, -0.2) is 45.9 Å². The Kier molecular flexibility index (Phi) is 7.50. The van der Waals surface area contributed by atoms with Crippen LogP contribution in [0.5, 0.6) is 5.75 Å². The maximum Gasteiger partial charge on any atom is 0.379 e. The van der Waals surface area contributed by atoms with Gasteiger partial charge in [-0.2, -0.15) is 0 Å². The largest absolute Gasteiger partial charge is 0.481 e. The Morgan fingerprint density at radius 2 is 1.77 bits per heavy atom. The first-order valence-electron chi connectivity index (χ1n) is 9.07. The zero-order valence-corrected chi connectivity index (χ0v) is 16.5. The summed E-state index contributed by atoms with van der Waals surface area (Å²) in [4.78, 5) is 46.2. The van der Waals surface area contributed by atoms with Gasteiger partial charge in [-0.05, 0) is 36.4 Å². The molecule has 1 amide bonds. The van der Waals surface area contributed by atoms with Crippen molar-refractivity contribution >= 4 is 29.7 Å². The smallest absolute Gasteiger partial charge is 0.379 e. The van der Waals surface area contributed by atoms with Crippen molar-refractivity contribution in [2.75, 3.05) is 0 Å². The summed E-state index contributed by atoms with van der Waals surface area (Å²) in [5, 5.41) is 27.2. The molecule has 0 radical (unpaired) electrons. The van der Waals surface area contributed by atoms with E-state index < -0.39 is 42.2 Å². The number of hydrogen-bond donors (Lipinski definition) is 5. The number of nitrogens with one attached hydrogen (secondary N) is 2. The molecule has 0 spiro atoms. The molecule has 0 aliphatic rings. The van der Waals surface area contributed by atoms with Gasteiger partial charge >= 0.3 is 17.9 Å². The van der Waals surface area contributed by atoms with Gasteiger partial charge in [-0.25, -0.2) is 9.59 Å². The molecule has 0 unspecified atom stereocenters. The third-order valence-corrected chi connectivity index (χ3v) is 4.19. The highest BCUT2D eigenvalue weighted by atomic mass is 16.5. The summed E-state index contributed by atoms with van der Waals surface area (Å²) in [6.07, 6.45) is -0.705. The lowest BCUT2D eigenvalue weighted by molar-refractivity contribution is -0.147. The third-order valence-electron chi connectivity index (χ3n) is 4.19. The van der Waals surface area contributed by atoms with Crippen LogP contribution in [0.3, 0.4) is 0 Å². The van der Waals surface area contributed by atoms with E-state index in [1.807, 2.05) is 0 Å². The van der Waals surface area contributed by atoms with Crippen LogP contribution in [0.25, 0.3) is 0 Å². The number of carboxylic acids is 2. The Hall–Kier alpha value is -4.15. The summed E-state index contributed by atoms with van der Waals surface area (Å²) in [6.45, 7) is 1.51. The summed E-state index contributed by atoms with van der Waals surface area (Å²) in [5.41, 5.74) is 5.83. The van der Waals surface area contributed by atoms with Crippen LogP contribution in [0.2, 0.25) is 0 Å². The van der Waals surface area contributed by atoms with Crippen LogP contribution in [0.4, 0.5) is 0 Å². The second-order valence-electron chi connectivity index (χ2n) is 6.70. The Morgan fingerprint density at radius 1 is 1.13 bits per heavy atom. The van der Waals surface area contributed by atoms with Gasteiger partial charge in [-0.3, -0.25) is 15.0 Å². The average molecular weight is 431 g/mol. The van der Waals surface area contributed by atoms with Crippen LogP contribution in [-0.2, 0) is 20.8 Å². The average Bonchev–Trinajstić information content (AvgIpc) is 3.16. The number of amides is 1. The van der Waals surface area contributed by atoms with Crippen molar-refractivity contribution in [3.05, 3.63) is 53.5 Å². The zero-order chi connectivity index (χ0) is 23.1. The molecule has 31 heavy (non-hydrogen) atoms. The van der Waals surface area contributed by atoms with E-state index in [2.05, 4.69) is 5.32 Å².